The quantitative estimate of drug-likeness (QED) is 0.838. The number of nitrogens with one attached hydrogen (secondary N) is 1. The second-order valence-corrected chi connectivity index (χ2v) is 6.38. The van der Waals surface area contributed by atoms with Crippen molar-refractivity contribution < 1.29 is 24.9 Å². The van der Waals surface area contributed by atoms with Crippen LogP contribution in [0, 0.1) is 5.82 Å². The zero-order valence-electron chi connectivity index (χ0n) is 15.3. The maximum atomic E-state index is 13.8. The minimum absolute atomic E-state index is 0.00667. The molecule has 6 nitrogen and oxygen atoms in total. The molecule has 0 saturated carbocycles. The van der Waals surface area contributed by atoms with Crippen molar-refractivity contribution in [2.75, 3.05) is 0 Å². The van der Waals surface area contributed by atoms with Crippen molar-refractivity contribution >= 4 is 17.7 Å². The first-order valence-corrected chi connectivity index (χ1v) is 8.54. The van der Waals surface area contributed by atoms with Crippen LogP contribution in [-0.4, -0.2) is 28.6 Å². The van der Waals surface area contributed by atoms with Crippen LogP contribution >= 0.6 is 0 Å². The average molecular weight is 369 g/mol. The Morgan fingerprint density at radius 3 is 2.78 bits per heavy atom. The highest BCUT2D eigenvalue weighted by atomic mass is 19.1. The zero-order valence-corrected chi connectivity index (χ0v) is 14.3. The van der Waals surface area contributed by atoms with Crippen LogP contribution in [-0.2, 0) is 22.7 Å². The first-order chi connectivity index (χ1) is 13.4. The van der Waals surface area contributed by atoms with Crippen LogP contribution in [0.2, 0.25) is 0 Å². The molecule has 2 aliphatic rings. The Morgan fingerprint density at radius 2 is 2.00 bits per heavy atom. The summed E-state index contributed by atoms with van der Waals surface area (Å²) in [5, 5.41) is 2.13. The molecule has 0 bridgehead atoms. The normalized spacial score (nSPS) is 22.3. The van der Waals surface area contributed by atoms with Gasteiger partial charge in [0, 0.05) is 23.1 Å². The van der Waals surface area contributed by atoms with E-state index in [1.165, 1.54) is 6.07 Å². The summed E-state index contributed by atoms with van der Waals surface area (Å²) in [6.07, 6.45) is -0.0746. The van der Waals surface area contributed by atoms with Crippen LogP contribution in [0.1, 0.15) is 35.7 Å². The van der Waals surface area contributed by atoms with Gasteiger partial charge < -0.3 is 9.64 Å². The lowest BCUT2D eigenvalue weighted by Crippen LogP contribution is -2.52. The highest BCUT2D eigenvalue weighted by molar-refractivity contribution is 6.05. The van der Waals surface area contributed by atoms with Crippen molar-refractivity contribution in [2.24, 2.45) is 0 Å². The summed E-state index contributed by atoms with van der Waals surface area (Å²) in [6, 6.07) is 9.29. The summed E-state index contributed by atoms with van der Waals surface area (Å²) in [7, 11) is 0. The van der Waals surface area contributed by atoms with Gasteiger partial charge in [-0.1, -0.05) is 24.3 Å². The molecule has 0 aliphatic carbocycles. The largest absolute Gasteiger partial charge is 0.488 e. The number of amides is 3. The maximum absolute atomic E-state index is 13.8. The molecular weight excluding hydrogens is 351 g/mol. The lowest BCUT2D eigenvalue weighted by molar-refractivity contribution is -0.136. The van der Waals surface area contributed by atoms with Crippen LogP contribution in [0.4, 0.5) is 4.39 Å². The molecule has 1 atom stereocenters. The number of nitrogens with zero attached hydrogens (tertiary/aromatic N) is 1. The molecule has 2 aromatic rings. The topological polar surface area (TPSA) is 75.7 Å². The summed E-state index contributed by atoms with van der Waals surface area (Å²) in [5.74, 6) is -1.72. The first kappa shape index (κ1) is 16.0. The maximum Gasteiger partial charge on any atom is 0.255 e. The first-order valence-electron chi connectivity index (χ1n) is 9.04. The van der Waals surface area contributed by atoms with Gasteiger partial charge in [0.2, 0.25) is 11.8 Å². The molecule has 138 valence electrons. The third-order valence-electron chi connectivity index (χ3n) is 4.70. The van der Waals surface area contributed by atoms with Crippen molar-refractivity contribution in [1.29, 1.82) is 0 Å². The number of benzene rings is 2. The van der Waals surface area contributed by atoms with Gasteiger partial charge >= 0.3 is 0 Å². The fourth-order valence-corrected chi connectivity index (χ4v) is 3.29. The van der Waals surface area contributed by atoms with Gasteiger partial charge in [0.1, 0.15) is 24.2 Å². The third kappa shape index (κ3) is 3.16. The van der Waals surface area contributed by atoms with Crippen LogP contribution in [0.3, 0.4) is 0 Å². The Hall–Kier alpha value is -3.22. The van der Waals surface area contributed by atoms with Gasteiger partial charge in [0.25, 0.3) is 5.91 Å². The summed E-state index contributed by atoms with van der Waals surface area (Å²) in [5.41, 5.74) is 1.26. The summed E-state index contributed by atoms with van der Waals surface area (Å²) in [6.45, 7) is -0.00888. The molecule has 0 unspecified atom stereocenters. The van der Waals surface area contributed by atoms with Gasteiger partial charge in [0.15, 0.2) is 0 Å². The minimum atomic E-state index is -1.85. The fraction of sp³-hybridized carbons (Fsp3) is 0.250. The third-order valence-corrected chi connectivity index (χ3v) is 4.70. The number of fused-ring (bicyclic) bond motifs is 1. The molecule has 0 aromatic heterocycles. The molecule has 2 aromatic carbocycles. The highest BCUT2D eigenvalue weighted by Gasteiger charge is 2.40. The molecular formula is C20H17FN2O4. The molecule has 7 heteroatoms. The number of carbonyl (C=O) groups is 3. The average Bonchev–Trinajstić information content (AvgIpc) is 3.03. The van der Waals surface area contributed by atoms with Gasteiger partial charge in [-0.2, -0.15) is 0 Å². The molecule has 1 N–H and O–H groups in total. The number of piperidine rings is 1. The van der Waals surface area contributed by atoms with E-state index in [0.29, 0.717) is 22.4 Å². The van der Waals surface area contributed by atoms with Crippen LogP contribution in [0.25, 0.3) is 0 Å². The van der Waals surface area contributed by atoms with E-state index in [1.807, 2.05) is 0 Å². The van der Waals surface area contributed by atoms with E-state index in [2.05, 4.69) is 5.32 Å². The van der Waals surface area contributed by atoms with E-state index in [4.69, 9.17) is 6.11 Å². The van der Waals surface area contributed by atoms with Gasteiger partial charge in [0.05, 0.1) is 7.92 Å². The number of halogens is 1. The fourth-order valence-electron chi connectivity index (χ4n) is 3.29. The van der Waals surface area contributed by atoms with Gasteiger partial charge in [-0.05, 0) is 24.6 Å². The number of ether oxygens (including phenoxy) is 1. The van der Waals surface area contributed by atoms with Crippen molar-refractivity contribution in [1.82, 2.24) is 10.2 Å². The van der Waals surface area contributed by atoms with Crippen molar-refractivity contribution in [3.63, 3.8) is 0 Å². The summed E-state index contributed by atoms with van der Waals surface area (Å²) in [4.78, 5) is 37.6. The summed E-state index contributed by atoms with van der Waals surface area (Å²) < 4.78 is 28.1. The predicted molar refractivity (Wildman–Crippen MR) is 93.2 cm³/mol. The monoisotopic (exact) mass is 369 g/mol. The van der Waals surface area contributed by atoms with E-state index in [9.17, 15) is 18.8 Å². The van der Waals surface area contributed by atoms with E-state index in [-0.39, 0.29) is 31.8 Å². The summed E-state index contributed by atoms with van der Waals surface area (Å²) >= 11 is 0. The Bertz CT molecular complexity index is 996. The molecule has 0 spiro atoms. The molecule has 2 aliphatic heterocycles. The Kier molecular flexibility index (Phi) is 4.04. The lowest BCUT2D eigenvalue weighted by atomic mass is 10.0. The Morgan fingerprint density at radius 1 is 1.19 bits per heavy atom. The van der Waals surface area contributed by atoms with Crippen molar-refractivity contribution in [3.8, 4) is 5.75 Å². The van der Waals surface area contributed by atoms with Crippen LogP contribution < -0.4 is 10.1 Å². The number of rotatable bonds is 4. The zero-order chi connectivity index (χ0) is 19.9. The number of carbonyl (C=O) groups excluding carboxylic acids is 3. The van der Waals surface area contributed by atoms with Crippen molar-refractivity contribution in [2.45, 2.75) is 32.0 Å². The molecule has 0 radical (unpaired) electrons. The SMILES string of the molecule is [2H][C@@]1(N2Cc3c(OCc4ccccc4F)cccc3C2=O)CCC(=O)NC1=O. The van der Waals surface area contributed by atoms with Crippen LogP contribution in [0.5, 0.6) is 5.75 Å². The Labute approximate surface area is 156 Å². The molecule has 4 rings (SSSR count). The van der Waals surface area contributed by atoms with Crippen molar-refractivity contribution in [3.05, 3.63) is 65.0 Å². The van der Waals surface area contributed by atoms with Crippen LogP contribution in [0.15, 0.2) is 42.5 Å². The molecule has 3 amide bonds. The molecule has 1 saturated heterocycles. The second-order valence-electron chi connectivity index (χ2n) is 6.38. The molecule has 27 heavy (non-hydrogen) atoms. The van der Waals surface area contributed by atoms with E-state index < -0.39 is 23.7 Å². The predicted octanol–water partition coefficient (Wildman–Crippen LogP) is 2.17. The Balaban J connectivity index is 1.59. The molecule has 1 fully saturated rings. The smallest absolute Gasteiger partial charge is 0.255 e. The molecule has 2 heterocycles. The van der Waals surface area contributed by atoms with E-state index in [1.54, 1.807) is 36.4 Å². The highest BCUT2D eigenvalue weighted by Crippen LogP contribution is 2.34. The number of hydrogen-bond acceptors (Lipinski definition) is 4. The van der Waals surface area contributed by atoms with Gasteiger partial charge in [-0.25, -0.2) is 4.39 Å². The van der Waals surface area contributed by atoms with E-state index >= 15 is 0 Å². The van der Waals surface area contributed by atoms with E-state index in [0.717, 1.165) is 4.90 Å². The number of hydrogen-bond donors (Lipinski definition) is 1. The van der Waals surface area contributed by atoms with Gasteiger partial charge in [-0.15, -0.1) is 0 Å². The lowest BCUT2D eigenvalue weighted by Gasteiger charge is -2.29. The standard InChI is InChI=1S/C20H17FN2O4/c21-15-6-2-1-4-12(15)11-27-17-7-3-5-13-14(17)10-23(20(13)26)16-8-9-18(24)22-19(16)25/h1-7,16H,8-11H2,(H,22,24,25)/t16-/m1/s1/i16D. The number of imide groups is 1. The van der Waals surface area contributed by atoms with Gasteiger partial charge in [-0.3, -0.25) is 19.7 Å². The minimum Gasteiger partial charge on any atom is -0.488 e. The second kappa shape index (κ2) is 6.83.